The molecule has 9 nitrogen and oxygen atoms in total. The van der Waals surface area contributed by atoms with Crippen LogP contribution in [0, 0.1) is 17.7 Å². The van der Waals surface area contributed by atoms with Crippen LogP contribution in [0.2, 0.25) is 0 Å². The number of carbonyl (C=O) groups is 3. The number of sulfone groups is 1. The molecule has 2 heterocycles. The molecule has 3 aliphatic rings. The second-order valence-electron chi connectivity index (χ2n) is 10.6. The molecule has 1 aliphatic carbocycles. The molecule has 0 atom stereocenters. The number of primary amides is 1. The first-order chi connectivity index (χ1) is 17.6. The maximum absolute atomic E-state index is 13.1. The second-order valence-corrected chi connectivity index (χ2v) is 12.9. The zero-order chi connectivity index (χ0) is 26.6. The van der Waals surface area contributed by atoms with E-state index in [2.05, 4.69) is 4.90 Å². The summed E-state index contributed by atoms with van der Waals surface area (Å²) in [5, 5.41) is 0. The standard InChI is InChI=1S/C26H36FN3O6S/c27-22-3-1-20(2-4-22)23(31)21-8-13-29(14-9-21)12-7-19-5-10-26(11-6-19,24(28)32)36-25(33)30-15-17-37(34,35)18-16-30/h1-4,19,21H,5-18H2,(H2,28,32). The van der Waals surface area contributed by atoms with Gasteiger partial charge in [0.15, 0.2) is 21.2 Å². The minimum atomic E-state index is -3.13. The summed E-state index contributed by atoms with van der Waals surface area (Å²) >= 11 is 0. The van der Waals surface area contributed by atoms with Crippen LogP contribution in [0.15, 0.2) is 24.3 Å². The number of benzene rings is 1. The van der Waals surface area contributed by atoms with Crippen molar-refractivity contribution in [3.8, 4) is 0 Å². The Kier molecular flexibility index (Phi) is 8.52. The molecule has 4 rings (SSSR count). The van der Waals surface area contributed by atoms with Crippen molar-refractivity contribution in [2.24, 2.45) is 17.6 Å². The third-order valence-electron chi connectivity index (χ3n) is 8.19. The Hall–Kier alpha value is -2.53. The molecule has 2 N–H and O–H groups in total. The lowest BCUT2D eigenvalue weighted by Crippen LogP contribution is -2.54. The molecule has 0 spiro atoms. The molecule has 204 valence electrons. The summed E-state index contributed by atoms with van der Waals surface area (Å²) in [4.78, 5) is 41.3. The number of likely N-dealkylation sites (tertiary alicyclic amines) is 1. The van der Waals surface area contributed by atoms with Gasteiger partial charge in [0.05, 0.1) is 11.5 Å². The molecule has 2 saturated heterocycles. The van der Waals surface area contributed by atoms with Crippen molar-refractivity contribution in [1.82, 2.24) is 9.80 Å². The number of piperidine rings is 1. The monoisotopic (exact) mass is 537 g/mol. The average molecular weight is 538 g/mol. The van der Waals surface area contributed by atoms with Crippen molar-refractivity contribution in [3.05, 3.63) is 35.6 Å². The highest BCUT2D eigenvalue weighted by Gasteiger charge is 2.45. The Labute approximate surface area is 217 Å². The molecule has 0 bridgehead atoms. The number of rotatable bonds is 7. The van der Waals surface area contributed by atoms with Gasteiger partial charge in [0.1, 0.15) is 5.82 Å². The summed E-state index contributed by atoms with van der Waals surface area (Å²) in [5.74, 6) is -0.795. The Morgan fingerprint density at radius 2 is 1.57 bits per heavy atom. The highest BCUT2D eigenvalue weighted by Crippen LogP contribution is 2.37. The van der Waals surface area contributed by atoms with E-state index >= 15 is 0 Å². The van der Waals surface area contributed by atoms with E-state index in [1.54, 1.807) is 12.1 Å². The van der Waals surface area contributed by atoms with E-state index in [9.17, 15) is 27.2 Å². The van der Waals surface area contributed by atoms with Gasteiger partial charge in [-0.3, -0.25) is 9.59 Å². The van der Waals surface area contributed by atoms with Crippen molar-refractivity contribution in [2.45, 2.75) is 50.5 Å². The van der Waals surface area contributed by atoms with E-state index in [4.69, 9.17) is 10.5 Å². The van der Waals surface area contributed by atoms with Gasteiger partial charge in [-0.15, -0.1) is 0 Å². The first-order valence-electron chi connectivity index (χ1n) is 13.1. The molecule has 1 saturated carbocycles. The summed E-state index contributed by atoms with van der Waals surface area (Å²) in [6, 6.07) is 5.74. The molecular formula is C26H36FN3O6S. The Morgan fingerprint density at radius 3 is 2.14 bits per heavy atom. The van der Waals surface area contributed by atoms with Crippen molar-refractivity contribution in [1.29, 1.82) is 0 Å². The number of ether oxygens (including phenoxy) is 1. The minimum Gasteiger partial charge on any atom is -0.433 e. The van der Waals surface area contributed by atoms with Gasteiger partial charge in [0.25, 0.3) is 5.91 Å². The zero-order valence-electron chi connectivity index (χ0n) is 21.1. The van der Waals surface area contributed by atoms with Crippen LogP contribution in [0.5, 0.6) is 0 Å². The molecule has 0 unspecified atom stereocenters. The van der Waals surface area contributed by atoms with Crippen LogP contribution in [0.25, 0.3) is 0 Å². The molecule has 3 fully saturated rings. The molecule has 1 aromatic carbocycles. The van der Waals surface area contributed by atoms with Gasteiger partial charge in [0, 0.05) is 24.6 Å². The number of carbonyl (C=O) groups excluding carboxylic acids is 3. The fourth-order valence-corrected chi connectivity index (χ4v) is 6.79. The topological polar surface area (TPSA) is 127 Å². The SMILES string of the molecule is NC(=O)C1(OC(=O)N2CCS(=O)(=O)CC2)CCC(CCN2CCC(C(=O)c3ccc(F)cc3)CC2)CC1. The van der Waals surface area contributed by atoms with E-state index in [0.717, 1.165) is 38.9 Å². The Bertz CT molecular complexity index is 1080. The molecule has 1 aromatic rings. The minimum absolute atomic E-state index is 0.0396. The number of halogens is 1. The van der Waals surface area contributed by atoms with Crippen LogP contribution >= 0.6 is 0 Å². The predicted octanol–water partition coefficient (Wildman–Crippen LogP) is 2.39. The number of hydrogen-bond acceptors (Lipinski definition) is 7. The third-order valence-corrected chi connectivity index (χ3v) is 9.80. The largest absolute Gasteiger partial charge is 0.433 e. The maximum atomic E-state index is 13.1. The molecule has 37 heavy (non-hydrogen) atoms. The second kappa shape index (κ2) is 11.5. The summed E-state index contributed by atoms with van der Waals surface area (Å²) in [6.07, 6.45) is 3.97. The van der Waals surface area contributed by atoms with Crippen LogP contribution in [-0.4, -0.2) is 85.8 Å². The van der Waals surface area contributed by atoms with Crippen LogP contribution < -0.4 is 5.73 Å². The van der Waals surface area contributed by atoms with Crippen LogP contribution in [0.3, 0.4) is 0 Å². The summed E-state index contributed by atoms with van der Waals surface area (Å²) in [5.41, 5.74) is 4.88. The summed E-state index contributed by atoms with van der Waals surface area (Å²) < 4.78 is 42.0. The first kappa shape index (κ1) is 27.5. The van der Waals surface area contributed by atoms with Crippen LogP contribution in [0.1, 0.15) is 55.3 Å². The maximum Gasteiger partial charge on any atom is 0.410 e. The molecule has 0 aromatic heterocycles. The lowest BCUT2D eigenvalue weighted by molar-refractivity contribution is -0.142. The molecule has 0 radical (unpaired) electrons. The summed E-state index contributed by atoms with van der Waals surface area (Å²) in [6.45, 7) is 2.68. The van der Waals surface area contributed by atoms with Crippen LogP contribution in [-0.2, 0) is 19.4 Å². The number of nitrogens with zero attached hydrogens (tertiary/aromatic N) is 2. The van der Waals surface area contributed by atoms with Crippen molar-refractivity contribution in [3.63, 3.8) is 0 Å². The smallest absolute Gasteiger partial charge is 0.410 e. The first-order valence-corrected chi connectivity index (χ1v) is 14.9. The van der Waals surface area contributed by atoms with Gasteiger partial charge < -0.3 is 20.3 Å². The van der Waals surface area contributed by atoms with Gasteiger partial charge in [-0.1, -0.05) is 0 Å². The average Bonchev–Trinajstić information content (AvgIpc) is 2.88. The van der Waals surface area contributed by atoms with Gasteiger partial charge in [-0.25, -0.2) is 17.6 Å². The van der Waals surface area contributed by atoms with Crippen molar-refractivity contribution < 1.29 is 31.9 Å². The Balaban J connectivity index is 1.20. The fraction of sp³-hybridized carbons (Fsp3) is 0.654. The predicted molar refractivity (Wildman–Crippen MR) is 135 cm³/mol. The normalized spacial score (nSPS) is 26.9. The van der Waals surface area contributed by atoms with Gasteiger partial charge in [-0.2, -0.15) is 0 Å². The van der Waals surface area contributed by atoms with E-state index in [-0.39, 0.29) is 42.1 Å². The van der Waals surface area contributed by atoms with E-state index in [1.807, 2.05) is 0 Å². The lowest BCUT2D eigenvalue weighted by Gasteiger charge is -2.39. The lowest BCUT2D eigenvalue weighted by atomic mass is 9.77. The third kappa shape index (κ3) is 6.87. The van der Waals surface area contributed by atoms with Gasteiger partial charge >= 0.3 is 6.09 Å². The van der Waals surface area contributed by atoms with E-state index < -0.39 is 27.4 Å². The number of hydrogen-bond donors (Lipinski definition) is 1. The van der Waals surface area contributed by atoms with E-state index in [1.165, 1.54) is 17.0 Å². The zero-order valence-corrected chi connectivity index (χ0v) is 21.9. The number of nitrogens with two attached hydrogens (primary N) is 1. The van der Waals surface area contributed by atoms with Crippen molar-refractivity contribution >= 4 is 27.6 Å². The van der Waals surface area contributed by atoms with Gasteiger partial charge in [-0.05, 0) is 94.8 Å². The van der Waals surface area contributed by atoms with Crippen LogP contribution in [0.4, 0.5) is 9.18 Å². The number of amides is 2. The molecule has 2 amide bonds. The number of ketones is 1. The molecule has 11 heteroatoms. The quantitative estimate of drug-likeness (QED) is 0.529. The Morgan fingerprint density at radius 1 is 0.973 bits per heavy atom. The molecule has 2 aliphatic heterocycles. The highest BCUT2D eigenvalue weighted by molar-refractivity contribution is 7.91. The van der Waals surface area contributed by atoms with Crippen molar-refractivity contribution in [2.75, 3.05) is 44.2 Å². The molecular weight excluding hydrogens is 501 g/mol. The van der Waals surface area contributed by atoms with Gasteiger partial charge in [0.2, 0.25) is 0 Å². The highest BCUT2D eigenvalue weighted by atomic mass is 32.2. The fourth-order valence-electron chi connectivity index (χ4n) is 5.59. The summed E-state index contributed by atoms with van der Waals surface area (Å²) in [7, 11) is -3.13. The number of Topliss-reactive ketones (excluding diaryl/α,β-unsaturated/α-hetero) is 1. The van der Waals surface area contributed by atoms with E-state index in [0.29, 0.717) is 37.2 Å².